The van der Waals surface area contributed by atoms with Crippen LogP contribution >= 0.6 is 0 Å². The molecule has 0 atom stereocenters. The van der Waals surface area contributed by atoms with E-state index < -0.39 is 15.8 Å². The lowest BCUT2D eigenvalue weighted by molar-refractivity contribution is 0.0601. The molecule has 1 aromatic carbocycles. The van der Waals surface area contributed by atoms with Crippen LogP contribution in [0.1, 0.15) is 10.4 Å². The molecule has 0 aliphatic carbocycles. The summed E-state index contributed by atoms with van der Waals surface area (Å²) in [5.74, 6) is -0.461. The quantitative estimate of drug-likeness (QED) is 0.387. The first-order valence-corrected chi connectivity index (χ1v) is 10.2. The summed E-state index contributed by atoms with van der Waals surface area (Å²) in [6.07, 6.45) is 6.08. The molecular formula is C19H16N4O4S. The van der Waals surface area contributed by atoms with E-state index in [9.17, 15) is 13.2 Å². The Morgan fingerprint density at radius 3 is 2.54 bits per heavy atom. The van der Waals surface area contributed by atoms with Crippen LogP contribution in [0, 0.1) is 0 Å². The smallest absolute Gasteiger partial charge is 0.337 e. The number of rotatable bonds is 3. The molecule has 9 heteroatoms. The number of hydrogen-bond donors (Lipinski definition) is 0. The summed E-state index contributed by atoms with van der Waals surface area (Å²) in [4.78, 5) is 20.7. The fraction of sp³-hybridized carbons (Fsp3) is 0.158. The standard InChI is InChI=1S/C19H16N4O4S/c1-23-10-12(8-21-23)18-14-7-17(28(3,25)26)20-9-15(14)13-5-4-11(19(24)27-2)6-16(13)22-18/h4-10H,1-3H3. The van der Waals surface area contributed by atoms with Crippen LogP contribution < -0.4 is 0 Å². The molecule has 0 aliphatic rings. The normalized spacial score (nSPS) is 11.8. The highest BCUT2D eigenvalue weighted by Crippen LogP contribution is 2.33. The Kier molecular flexibility index (Phi) is 4.11. The van der Waals surface area contributed by atoms with Gasteiger partial charge in [-0.25, -0.2) is 23.2 Å². The molecule has 0 bridgehead atoms. The predicted molar refractivity (Wildman–Crippen MR) is 104 cm³/mol. The van der Waals surface area contributed by atoms with Crippen LogP contribution in [0.3, 0.4) is 0 Å². The van der Waals surface area contributed by atoms with Gasteiger partial charge in [-0.05, 0) is 18.2 Å². The van der Waals surface area contributed by atoms with E-state index in [1.165, 1.54) is 19.4 Å². The van der Waals surface area contributed by atoms with Crippen LogP contribution in [-0.2, 0) is 21.6 Å². The molecule has 4 rings (SSSR count). The van der Waals surface area contributed by atoms with Crippen molar-refractivity contribution in [3.63, 3.8) is 0 Å². The van der Waals surface area contributed by atoms with E-state index in [0.717, 1.165) is 22.6 Å². The lowest BCUT2D eigenvalue weighted by atomic mass is 10.0. The minimum Gasteiger partial charge on any atom is -0.465 e. The molecule has 3 aromatic heterocycles. The van der Waals surface area contributed by atoms with Crippen molar-refractivity contribution in [3.05, 3.63) is 48.4 Å². The second-order valence-electron chi connectivity index (χ2n) is 6.43. The maximum absolute atomic E-state index is 12.0. The predicted octanol–water partition coefficient (Wildman–Crippen LogP) is 2.37. The Morgan fingerprint density at radius 2 is 1.89 bits per heavy atom. The molecule has 8 nitrogen and oxygen atoms in total. The third kappa shape index (κ3) is 2.99. The Hall–Kier alpha value is -3.33. The first-order valence-electron chi connectivity index (χ1n) is 8.29. The number of carbonyl (C=O) groups is 1. The molecule has 0 saturated carbocycles. The second kappa shape index (κ2) is 6.38. The lowest BCUT2D eigenvalue weighted by Gasteiger charge is -2.10. The van der Waals surface area contributed by atoms with Crippen LogP contribution in [0.2, 0.25) is 0 Å². The Labute approximate surface area is 160 Å². The SMILES string of the molecule is COC(=O)c1ccc2c(c1)nc(-c1cnn(C)c1)c1cc(S(C)(=O)=O)ncc12. The summed E-state index contributed by atoms with van der Waals surface area (Å²) in [6.45, 7) is 0. The van der Waals surface area contributed by atoms with Gasteiger partial charge in [-0.1, -0.05) is 6.07 Å². The zero-order chi connectivity index (χ0) is 20.1. The third-order valence-corrected chi connectivity index (χ3v) is 5.42. The molecule has 3 heterocycles. The number of esters is 1. The summed E-state index contributed by atoms with van der Waals surface area (Å²) >= 11 is 0. The van der Waals surface area contributed by atoms with Crippen LogP contribution in [0.5, 0.6) is 0 Å². The van der Waals surface area contributed by atoms with E-state index in [0.29, 0.717) is 22.2 Å². The van der Waals surface area contributed by atoms with Gasteiger partial charge < -0.3 is 4.74 Å². The summed E-state index contributed by atoms with van der Waals surface area (Å²) in [6, 6.07) is 6.56. The summed E-state index contributed by atoms with van der Waals surface area (Å²) < 4.78 is 30.4. The average Bonchev–Trinajstić information content (AvgIpc) is 3.11. The van der Waals surface area contributed by atoms with Gasteiger partial charge in [0.15, 0.2) is 14.9 Å². The van der Waals surface area contributed by atoms with Gasteiger partial charge in [0.05, 0.1) is 30.1 Å². The molecule has 0 N–H and O–H groups in total. The van der Waals surface area contributed by atoms with Crippen LogP contribution in [0.4, 0.5) is 0 Å². The highest BCUT2D eigenvalue weighted by Gasteiger charge is 2.17. The highest BCUT2D eigenvalue weighted by molar-refractivity contribution is 7.90. The van der Waals surface area contributed by atoms with E-state index in [1.54, 1.807) is 42.3 Å². The van der Waals surface area contributed by atoms with Crippen molar-refractivity contribution in [2.45, 2.75) is 5.03 Å². The number of carbonyl (C=O) groups excluding carboxylic acids is 1. The Balaban J connectivity index is 2.11. The number of benzene rings is 1. The number of ether oxygens (including phenoxy) is 1. The largest absolute Gasteiger partial charge is 0.465 e. The molecule has 142 valence electrons. The number of hydrogen-bond acceptors (Lipinski definition) is 7. The van der Waals surface area contributed by atoms with Crippen molar-refractivity contribution in [1.29, 1.82) is 0 Å². The van der Waals surface area contributed by atoms with Gasteiger partial charge in [-0.15, -0.1) is 0 Å². The van der Waals surface area contributed by atoms with E-state index in [4.69, 9.17) is 9.72 Å². The summed E-state index contributed by atoms with van der Waals surface area (Å²) in [5, 5.41) is 6.27. The van der Waals surface area contributed by atoms with Gasteiger partial charge in [0.2, 0.25) is 0 Å². The topological polar surface area (TPSA) is 104 Å². The average molecular weight is 396 g/mol. The molecule has 4 aromatic rings. The minimum atomic E-state index is -3.48. The Bertz CT molecular complexity index is 1360. The third-order valence-electron chi connectivity index (χ3n) is 4.43. The first kappa shape index (κ1) is 18.1. The number of aromatic nitrogens is 4. The van der Waals surface area contributed by atoms with E-state index in [2.05, 4.69) is 10.1 Å². The molecule has 0 fully saturated rings. The van der Waals surface area contributed by atoms with E-state index >= 15 is 0 Å². The van der Waals surface area contributed by atoms with Crippen molar-refractivity contribution in [3.8, 4) is 11.3 Å². The van der Waals surface area contributed by atoms with Gasteiger partial charge in [-0.3, -0.25) is 4.68 Å². The maximum atomic E-state index is 12.0. The minimum absolute atomic E-state index is 0.0301. The molecular weight excluding hydrogens is 380 g/mol. The van der Waals surface area contributed by atoms with E-state index in [1.807, 2.05) is 0 Å². The van der Waals surface area contributed by atoms with Gasteiger partial charge in [0, 0.05) is 47.4 Å². The van der Waals surface area contributed by atoms with Crippen molar-refractivity contribution >= 4 is 37.5 Å². The zero-order valence-corrected chi connectivity index (χ0v) is 16.2. The molecule has 0 aliphatic heterocycles. The van der Waals surface area contributed by atoms with Gasteiger partial charge in [-0.2, -0.15) is 5.10 Å². The van der Waals surface area contributed by atoms with Gasteiger partial charge >= 0.3 is 5.97 Å². The fourth-order valence-corrected chi connectivity index (χ4v) is 3.67. The number of nitrogens with zero attached hydrogens (tertiary/aromatic N) is 4. The maximum Gasteiger partial charge on any atom is 0.337 e. The van der Waals surface area contributed by atoms with Crippen LogP contribution in [-0.4, -0.2) is 47.5 Å². The zero-order valence-electron chi connectivity index (χ0n) is 15.4. The lowest BCUT2D eigenvalue weighted by Crippen LogP contribution is -2.03. The molecule has 0 spiro atoms. The number of sulfone groups is 1. The Morgan fingerprint density at radius 1 is 1.11 bits per heavy atom. The van der Waals surface area contributed by atoms with Crippen LogP contribution in [0.15, 0.2) is 47.9 Å². The van der Waals surface area contributed by atoms with Gasteiger partial charge in [0.1, 0.15) is 0 Å². The molecule has 0 amide bonds. The monoisotopic (exact) mass is 396 g/mol. The molecule has 0 saturated heterocycles. The van der Waals surface area contributed by atoms with Crippen molar-refractivity contribution < 1.29 is 17.9 Å². The van der Waals surface area contributed by atoms with Crippen LogP contribution in [0.25, 0.3) is 32.9 Å². The first-order chi connectivity index (χ1) is 13.3. The fourth-order valence-electron chi connectivity index (χ4n) is 3.09. The number of aryl methyl sites for hydroxylation is 1. The van der Waals surface area contributed by atoms with Crippen molar-refractivity contribution in [2.75, 3.05) is 13.4 Å². The van der Waals surface area contributed by atoms with Gasteiger partial charge in [0.25, 0.3) is 0 Å². The second-order valence-corrected chi connectivity index (χ2v) is 8.39. The molecule has 0 unspecified atom stereocenters. The summed E-state index contributed by atoms with van der Waals surface area (Å²) in [7, 11) is -0.383. The number of fused-ring (bicyclic) bond motifs is 3. The number of pyridine rings is 2. The highest BCUT2D eigenvalue weighted by atomic mass is 32.2. The molecule has 28 heavy (non-hydrogen) atoms. The number of methoxy groups -OCH3 is 1. The summed E-state index contributed by atoms with van der Waals surface area (Å²) in [5.41, 5.74) is 2.23. The van der Waals surface area contributed by atoms with Crippen molar-refractivity contribution in [1.82, 2.24) is 19.7 Å². The van der Waals surface area contributed by atoms with Crippen molar-refractivity contribution in [2.24, 2.45) is 7.05 Å². The molecule has 0 radical (unpaired) electrons. The van der Waals surface area contributed by atoms with E-state index in [-0.39, 0.29) is 5.03 Å².